The minimum Gasteiger partial charge on any atom is -0.379 e. The standard InChI is InChI=1S/C22H25N3O5S/c26-21(17-7-8-17)24-18-9-5-16(6-10-18)15-23-22(27)19-3-1-2-4-20(19)31(28,29)25-11-13-30-14-12-25/h1-6,9-10,17H,7-8,11-15H2,(H,23,27)(H,24,26). The zero-order valence-electron chi connectivity index (χ0n) is 17.0. The molecule has 2 amide bonds. The molecule has 2 aromatic rings. The number of rotatable bonds is 7. The van der Waals surface area contributed by atoms with Crippen molar-refractivity contribution < 1.29 is 22.7 Å². The van der Waals surface area contributed by atoms with Gasteiger partial charge in [0.25, 0.3) is 5.91 Å². The van der Waals surface area contributed by atoms with Crippen LogP contribution in [0.25, 0.3) is 0 Å². The highest BCUT2D eigenvalue weighted by atomic mass is 32.2. The summed E-state index contributed by atoms with van der Waals surface area (Å²) in [5.41, 5.74) is 1.67. The summed E-state index contributed by atoms with van der Waals surface area (Å²) < 4.78 is 32.6. The van der Waals surface area contributed by atoms with Crippen molar-refractivity contribution in [3.63, 3.8) is 0 Å². The molecule has 2 aliphatic rings. The van der Waals surface area contributed by atoms with Crippen LogP contribution in [0.3, 0.4) is 0 Å². The number of carbonyl (C=O) groups is 2. The summed E-state index contributed by atoms with van der Waals surface area (Å²) in [6.45, 7) is 1.45. The van der Waals surface area contributed by atoms with Crippen LogP contribution in [0.15, 0.2) is 53.4 Å². The van der Waals surface area contributed by atoms with Gasteiger partial charge < -0.3 is 15.4 Å². The number of carbonyl (C=O) groups excluding carboxylic acids is 2. The second kappa shape index (κ2) is 9.17. The number of benzene rings is 2. The Morgan fingerprint density at radius 2 is 1.68 bits per heavy atom. The van der Waals surface area contributed by atoms with Crippen LogP contribution in [0.1, 0.15) is 28.8 Å². The first-order valence-electron chi connectivity index (χ1n) is 10.3. The zero-order valence-corrected chi connectivity index (χ0v) is 17.9. The molecule has 0 aromatic heterocycles. The zero-order chi connectivity index (χ0) is 21.8. The van der Waals surface area contributed by atoms with Gasteiger partial charge in [-0.15, -0.1) is 0 Å². The van der Waals surface area contributed by atoms with E-state index in [2.05, 4.69) is 10.6 Å². The van der Waals surface area contributed by atoms with E-state index in [9.17, 15) is 18.0 Å². The number of morpholine rings is 1. The lowest BCUT2D eigenvalue weighted by molar-refractivity contribution is -0.117. The molecule has 2 aromatic carbocycles. The fourth-order valence-electron chi connectivity index (χ4n) is 3.38. The first-order chi connectivity index (χ1) is 14.9. The average Bonchev–Trinajstić information content (AvgIpc) is 3.65. The van der Waals surface area contributed by atoms with Crippen LogP contribution in [0, 0.1) is 5.92 Å². The molecule has 8 nitrogen and oxygen atoms in total. The van der Waals surface area contributed by atoms with Gasteiger partial charge in [0.2, 0.25) is 15.9 Å². The Labute approximate surface area is 181 Å². The largest absolute Gasteiger partial charge is 0.379 e. The van der Waals surface area contributed by atoms with Crippen molar-refractivity contribution in [3.05, 3.63) is 59.7 Å². The summed E-state index contributed by atoms with van der Waals surface area (Å²) >= 11 is 0. The average molecular weight is 444 g/mol. The molecule has 0 unspecified atom stereocenters. The van der Waals surface area contributed by atoms with E-state index in [-0.39, 0.29) is 41.9 Å². The monoisotopic (exact) mass is 443 g/mol. The predicted molar refractivity (Wildman–Crippen MR) is 115 cm³/mol. The van der Waals surface area contributed by atoms with Crippen LogP contribution in [0.4, 0.5) is 5.69 Å². The van der Waals surface area contributed by atoms with Gasteiger partial charge in [-0.05, 0) is 42.7 Å². The summed E-state index contributed by atoms with van der Waals surface area (Å²) in [4.78, 5) is 24.6. The van der Waals surface area contributed by atoms with Gasteiger partial charge in [0.15, 0.2) is 0 Å². The molecule has 0 bridgehead atoms. The lowest BCUT2D eigenvalue weighted by Gasteiger charge is -2.26. The molecule has 1 saturated carbocycles. The van der Waals surface area contributed by atoms with E-state index in [0.29, 0.717) is 18.9 Å². The molecular weight excluding hydrogens is 418 g/mol. The number of ether oxygens (including phenoxy) is 1. The number of hydrogen-bond donors (Lipinski definition) is 2. The summed E-state index contributed by atoms with van der Waals surface area (Å²) in [6, 6.07) is 13.4. The third-order valence-electron chi connectivity index (χ3n) is 5.34. The Morgan fingerprint density at radius 1 is 1.00 bits per heavy atom. The molecule has 2 N–H and O–H groups in total. The first kappa shape index (κ1) is 21.5. The van der Waals surface area contributed by atoms with Crippen molar-refractivity contribution in [1.29, 1.82) is 0 Å². The van der Waals surface area contributed by atoms with Crippen molar-refractivity contribution in [2.24, 2.45) is 5.92 Å². The molecule has 31 heavy (non-hydrogen) atoms. The van der Waals surface area contributed by atoms with Crippen LogP contribution in [0.5, 0.6) is 0 Å². The topological polar surface area (TPSA) is 105 Å². The van der Waals surface area contributed by atoms with E-state index in [4.69, 9.17) is 4.74 Å². The predicted octanol–water partition coefficient (Wildman–Crippen LogP) is 1.99. The number of nitrogens with one attached hydrogen (secondary N) is 2. The molecule has 9 heteroatoms. The Balaban J connectivity index is 1.41. The van der Waals surface area contributed by atoms with Crippen molar-refractivity contribution >= 4 is 27.5 Å². The summed E-state index contributed by atoms with van der Waals surface area (Å²) in [5.74, 6) is -0.287. The Hall–Kier alpha value is -2.75. The van der Waals surface area contributed by atoms with Crippen LogP contribution < -0.4 is 10.6 Å². The van der Waals surface area contributed by atoms with Crippen molar-refractivity contribution in [2.75, 3.05) is 31.6 Å². The molecule has 0 radical (unpaired) electrons. The minimum absolute atomic E-state index is 0.00691. The summed E-state index contributed by atoms with van der Waals surface area (Å²) in [7, 11) is -3.79. The first-order valence-corrected chi connectivity index (χ1v) is 11.7. The molecule has 1 saturated heterocycles. The maximum atomic E-state index is 13.0. The van der Waals surface area contributed by atoms with Crippen molar-refractivity contribution in [2.45, 2.75) is 24.3 Å². The van der Waals surface area contributed by atoms with Gasteiger partial charge in [-0.3, -0.25) is 9.59 Å². The molecule has 0 spiro atoms. The maximum Gasteiger partial charge on any atom is 0.252 e. The van der Waals surface area contributed by atoms with Crippen LogP contribution in [0.2, 0.25) is 0 Å². The van der Waals surface area contributed by atoms with Crippen LogP contribution in [-0.2, 0) is 26.1 Å². The second-order valence-corrected chi connectivity index (χ2v) is 9.56. The minimum atomic E-state index is -3.79. The molecule has 1 aliphatic heterocycles. The second-order valence-electron chi connectivity index (χ2n) is 7.66. The highest BCUT2D eigenvalue weighted by molar-refractivity contribution is 7.89. The molecule has 4 rings (SSSR count). The van der Waals surface area contributed by atoms with Gasteiger partial charge in [0.1, 0.15) is 0 Å². The van der Waals surface area contributed by atoms with Gasteiger partial charge in [-0.2, -0.15) is 4.31 Å². The quantitative estimate of drug-likeness (QED) is 0.681. The molecule has 1 heterocycles. The molecular formula is C22H25N3O5S. The van der Waals surface area contributed by atoms with Gasteiger partial charge in [-0.25, -0.2) is 8.42 Å². The van der Waals surface area contributed by atoms with E-state index in [0.717, 1.165) is 18.4 Å². The number of amides is 2. The van der Waals surface area contributed by atoms with E-state index in [1.54, 1.807) is 24.3 Å². The lowest BCUT2D eigenvalue weighted by Crippen LogP contribution is -2.41. The molecule has 0 atom stereocenters. The SMILES string of the molecule is O=C(NCc1ccc(NC(=O)C2CC2)cc1)c1ccccc1S(=O)(=O)N1CCOCC1. The Kier molecular flexibility index (Phi) is 6.35. The normalized spacial score (nSPS) is 17.2. The molecule has 1 aliphatic carbocycles. The van der Waals surface area contributed by atoms with E-state index in [1.165, 1.54) is 16.4 Å². The number of nitrogens with zero attached hydrogens (tertiary/aromatic N) is 1. The van der Waals surface area contributed by atoms with Crippen LogP contribution >= 0.6 is 0 Å². The van der Waals surface area contributed by atoms with E-state index < -0.39 is 15.9 Å². The third kappa shape index (κ3) is 5.12. The number of anilines is 1. The van der Waals surface area contributed by atoms with Crippen molar-refractivity contribution in [3.8, 4) is 0 Å². The van der Waals surface area contributed by atoms with Crippen molar-refractivity contribution in [1.82, 2.24) is 9.62 Å². The Morgan fingerprint density at radius 3 is 2.35 bits per heavy atom. The highest BCUT2D eigenvalue weighted by Gasteiger charge is 2.30. The molecule has 2 fully saturated rings. The fourth-order valence-corrected chi connectivity index (χ4v) is 4.98. The molecule has 164 valence electrons. The lowest BCUT2D eigenvalue weighted by atomic mass is 10.1. The summed E-state index contributed by atoms with van der Waals surface area (Å²) in [6.07, 6.45) is 1.89. The van der Waals surface area contributed by atoms with Gasteiger partial charge in [0.05, 0.1) is 23.7 Å². The fraction of sp³-hybridized carbons (Fsp3) is 0.364. The number of hydrogen-bond acceptors (Lipinski definition) is 5. The Bertz CT molecular complexity index is 1060. The smallest absolute Gasteiger partial charge is 0.252 e. The highest BCUT2D eigenvalue weighted by Crippen LogP contribution is 2.30. The van der Waals surface area contributed by atoms with Gasteiger partial charge >= 0.3 is 0 Å². The van der Waals surface area contributed by atoms with Crippen LogP contribution in [-0.4, -0.2) is 50.8 Å². The van der Waals surface area contributed by atoms with Gasteiger partial charge in [-0.1, -0.05) is 24.3 Å². The van der Waals surface area contributed by atoms with Gasteiger partial charge in [0, 0.05) is 31.2 Å². The maximum absolute atomic E-state index is 13.0. The number of sulfonamides is 1. The third-order valence-corrected chi connectivity index (χ3v) is 7.30. The van der Waals surface area contributed by atoms with E-state index >= 15 is 0 Å². The van der Waals surface area contributed by atoms with E-state index in [1.807, 2.05) is 12.1 Å². The summed E-state index contributed by atoms with van der Waals surface area (Å²) in [5, 5.41) is 5.66.